The van der Waals surface area contributed by atoms with E-state index in [-0.39, 0.29) is 17.9 Å². The van der Waals surface area contributed by atoms with Crippen molar-refractivity contribution in [2.24, 2.45) is 5.92 Å². The molecule has 3 aromatic carbocycles. The third kappa shape index (κ3) is 6.06. The average Bonchev–Trinajstić information content (AvgIpc) is 2.92. The van der Waals surface area contributed by atoms with Crippen LogP contribution in [0.1, 0.15) is 61.8 Å². The van der Waals surface area contributed by atoms with Crippen LogP contribution in [-0.4, -0.2) is 35.0 Å². The Bertz CT molecular complexity index is 1240. The van der Waals surface area contributed by atoms with Crippen LogP contribution in [0.25, 0.3) is 0 Å². The Morgan fingerprint density at radius 2 is 1.53 bits per heavy atom. The second-order valence-electron chi connectivity index (χ2n) is 10.1. The van der Waals surface area contributed by atoms with E-state index in [1.54, 1.807) is 19.1 Å². The first-order valence-electron chi connectivity index (χ1n) is 13.1. The Labute approximate surface area is 234 Å². The van der Waals surface area contributed by atoms with Gasteiger partial charge in [0.05, 0.1) is 21.5 Å². The number of carboxylic acid groups (broad SMARTS) is 1. The van der Waals surface area contributed by atoms with Crippen molar-refractivity contribution in [1.82, 2.24) is 10.2 Å². The Hall–Kier alpha value is -2.86. The first-order valence-corrected chi connectivity index (χ1v) is 13.8. The van der Waals surface area contributed by atoms with Crippen LogP contribution < -0.4 is 5.32 Å². The van der Waals surface area contributed by atoms with Crippen molar-refractivity contribution in [2.75, 3.05) is 13.1 Å². The first kappa shape index (κ1) is 28.2. The highest BCUT2D eigenvalue weighted by Gasteiger charge is 2.44. The summed E-state index contributed by atoms with van der Waals surface area (Å²) in [6, 6.07) is 25.0. The quantitative estimate of drug-likeness (QED) is 0.298. The molecule has 0 aliphatic carbocycles. The van der Waals surface area contributed by atoms with Gasteiger partial charge in [0.1, 0.15) is 0 Å². The standard InChI is InChI=1S/C31H34Cl2N2O3/c1-3-25(23-14-15-26(32)27(33)20-23)28(30(37)38)29(22-10-6-4-7-11-22)35-18-16-31(17-19-35,34-21(2)36)24-12-8-5-9-13-24/h4-15,20,25,28-29H,3,16-19H2,1-2H3,(H,34,36)(H,37,38). The van der Waals surface area contributed by atoms with Crippen LogP contribution >= 0.6 is 23.2 Å². The van der Waals surface area contributed by atoms with Gasteiger partial charge in [0.25, 0.3) is 0 Å². The number of carbonyl (C=O) groups excluding carboxylic acids is 1. The van der Waals surface area contributed by atoms with E-state index in [1.807, 2.05) is 61.5 Å². The summed E-state index contributed by atoms with van der Waals surface area (Å²) in [5.74, 6) is -1.91. The molecule has 2 N–H and O–H groups in total. The SMILES string of the molecule is CCC(c1ccc(Cl)c(Cl)c1)C(C(=O)O)C(c1ccccc1)N1CCC(NC(C)=O)(c2ccccc2)CC1. The molecule has 5 nitrogen and oxygen atoms in total. The van der Waals surface area contributed by atoms with Crippen molar-refractivity contribution in [3.63, 3.8) is 0 Å². The Kier molecular flexibility index (Phi) is 9.14. The number of hydrogen-bond donors (Lipinski definition) is 2. The summed E-state index contributed by atoms with van der Waals surface area (Å²) in [6.07, 6.45) is 1.98. The zero-order chi connectivity index (χ0) is 27.3. The third-order valence-corrected chi connectivity index (χ3v) is 8.54. The number of hydrogen-bond acceptors (Lipinski definition) is 3. The predicted octanol–water partition coefficient (Wildman–Crippen LogP) is 7.06. The van der Waals surface area contributed by atoms with Crippen molar-refractivity contribution in [1.29, 1.82) is 0 Å². The normalized spacial score (nSPS) is 17.8. The number of benzene rings is 3. The maximum atomic E-state index is 13.0. The molecule has 1 heterocycles. The summed E-state index contributed by atoms with van der Waals surface area (Å²) in [7, 11) is 0. The monoisotopic (exact) mass is 552 g/mol. The number of likely N-dealkylation sites (tertiary alicyclic amines) is 1. The van der Waals surface area contributed by atoms with Gasteiger partial charge in [0, 0.05) is 26.1 Å². The van der Waals surface area contributed by atoms with E-state index in [9.17, 15) is 14.7 Å². The highest BCUT2D eigenvalue weighted by Crippen LogP contribution is 2.44. The number of nitrogens with one attached hydrogen (secondary N) is 1. The van der Waals surface area contributed by atoms with Crippen LogP contribution in [-0.2, 0) is 15.1 Å². The number of aliphatic carboxylic acids is 1. The van der Waals surface area contributed by atoms with Crippen LogP contribution in [0.15, 0.2) is 78.9 Å². The van der Waals surface area contributed by atoms with E-state index in [4.69, 9.17) is 23.2 Å². The van der Waals surface area contributed by atoms with Gasteiger partial charge in [-0.05, 0) is 54.0 Å². The molecule has 1 aliphatic heterocycles. The van der Waals surface area contributed by atoms with Crippen molar-refractivity contribution in [2.45, 2.75) is 50.6 Å². The molecule has 4 rings (SSSR count). The van der Waals surface area contributed by atoms with Gasteiger partial charge in [0.2, 0.25) is 5.91 Å². The molecule has 3 atom stereocenters. The minimum Gasteiger partial charge on any atom is -0.481 e. The third-order valence-electron chi connectivity index (χ3n) is 7.80. The van der Waals surface area contributed by atoms with E-state index in [1.165, 1.54) is 0 Å². The van der Waals surface area contributed by atoms with Gasteiger partial charge in [-0.15, -0.1) is 0 Å². The molecule has 7 heteroatoms. The Morgan fingerprint density at radius 3 is 2.05 bits per heavy atom. The lowest BCUT2D eigenvalue weighted by atomic mass is 9.74. The van der Waals surface area contributed by atoms with E-state index >= 15 is 0 Å². The fourth-order valence-electron chi connectivity index (χ4n) is 6.03. The molecule has 1 saturated heterocycles. The maximum absolute atomic E-state index is 13.0. The first-order chi connectivity index (χ1) is 18.3. The predicted molar refractivity (Wildman–Crippen MR) is 153 cm³/mol. The fraction of sp³-hybridized carbons (Fsp3) is 0.355. The number of carboxylic acids is 1. The Balaban J connectivity index is 1.72. The molecule has 3 aromatic rings. The smallest absolute Gasteiger partial charge is 0.309 e. The number of amides is 1. The van der Waals surface area contributed by atoms with Gasteiger partial charge in [-0.1, -0.05) is 96.9 Å². The summed E-state index contributed by atoms with van der Waals surface area (Å²) in [5, 5.41) is 14.8. The molecule has 1 amide bonds. The van der Waals surface area contributed by atoms with Gasteiger partial charge in [0.15, 0.2) is 0 Å². The molecular formula is C31H34Cl2N2O3. The van der Waals surface area contributed by atoms with E-state index in [2.05, 4.69) is 22.3 Å². The zero-order valence-corrected chi connectivity index (χ0v) is 23.3. The molecule has 0 saturated carbocycles. The van der Waals surface area contributed by atoms with Crippen LogP contribution in [0.4, 0.5) is 0 Å². The van der Waals surface area contributed by atoms with Gasteiger partial charge in [-0.2, -0.15) is 0 Å². The highest BCUT2D eigenvalue weighted by atomic mass is 35.5. The number of nitrogens with zero attached hydrogens (tertiary/aromatic N) is 1. The summed E-state index contributed by atoms with van der Waals surface area (Å²) >= 11 is 12.5. The Morgan fingerprint density at radius 1 is 0.921 bits per heavy atom. The molecule has 0 radical (unpaired) electrons. The number of carbonyl (C=O) groups is 2. The number of piperidine rings is 1. The molecule has 1 aliphatic rings. The van der Waals surface area contributed by atoms with Gasteiger partial charge in [-0.25, -0.2) is 0 Å². The number of halogens is 2. The van der Waals surface area contributed by atoms with Crippen LogP contribution in [0.3, 0.4) is 0 Å². The van der Waals surface area contributed by atoms with Crippen molar-refractivity contribution >= 4 is 35.1 Å². The molecule has 3 unspecified atom stereocenters. The lowest BCUT2D eigenvalue weighted by Gasteiger charge is -2.47. The second-order valence-corrected chi connectivity index (χ2v) is 10.9. The molecule has 38 heavy (non-hydrogen) atoms. The van der Waals surface area contributed by atoms with E-state index in [0.717, 1.165) is 16.7 Å². The molecule has 0 spiro atoms. The molecule has 0 bridgehead atoms. The maximum Gasteiger partial charge on any atom is 0.309 e. The van der Waals surface area contributed by atoms with Crippen molar-refractivity contribution in [3.8, 4) is 0 Å². The largest absolute Gasteiger partial charge is 0.481 e. The molecular weight excluding hydrogens is 519 g/mol. The molecule has 1 fully saturated rings. The van der Waals surface area contributed by atoms with Crippen LogP contribution in [0, 0.1) is 5.92 Å². The lowest BCUT2D eigenvalue weighted by Crippen LogP contribution is -2.54. The highest BCUT2D eigenvalue weighted by molar-refractivity contribution is 6.42. The summed E-state index contributed by atoms with van der Waals surface area (Å²) < 4.78 is 0. The van der Waals surface area contributed by atoms with Crippen LogP contribution in [0.2, 0.25) is 10.0 Å². The summed E-state index contributed by atoms with van der Waals surface area (Å²) in [4.78, 5) is 27.5. The van der Waals surface area contributed by atoms with E-state index < -0.39 is 17.4 Å². The zero-order valence-electron chi connectivity index (χ0n) is 21.7. The second kappa shape index (κ2) is 12.3. The fourth-order valence-corrected chi connectivity index (χ4v) is 6.33. The summed E-state index contributed by atoms with van der Waals surface area (Å²) in [5.41, 5.74) is 2.41. The number of rotatable bonds is 9. The van der Waals surface area contributed by atoms with E-state index in [0.29, 0.717) is 42.4 Å². The average molecular weight is 554 g/mol. The minimum absolute atomic E-state index is 0.0732. The summed E-state index contributed by atoms with van der Waals surface area (Å²) in [6.45, 7) is 4.83. The minimum atomic E-state index is -0.849. The van der Waals surface area contributed by atoms with Crippen LogP contribution in [0.5, 0.6) is 0 Å². The molecule has 200 valence electrons. The van der Waals surface area contributed by atoms with Gasteiger partial charge < -0.3 is 10.4 Å². The van der Waals surface area contributed by atoms with Crippen molar-refractivity contribution < 1.29 is 14.7 Å². The lowest BCUT2D eigenvalue weighted by molar-refractivity contribution is -0.146. The van der Waals surface area contributed by atoms with Gasteiger partial charge >= 0.3 is 5.97 Å². The van der Waals surface area contributed by atoms with Crippen molar-refractivity contribution in [3.05, 3.63) is 106 Å². The topological polar surface area (TPSA) is 69.6 Å². The molecule has 0 aromatic heterocycles. The van der Waals surface area contributed by atoms with Gasteiger partial charge in [-0.3, -0.25) is 14.5 Å².